The molecule has 9 heteroatoms. The number of aromatic nitrogens is 1. The fourth-order valence-corrected chi connectivity index (χ4v) is 2.58. The van der Waals surface area contributed by atoms with Crippen molar-refractivity contribution < 1.29 is 18.7 Å². The van der Waals surface area contributed by atoms with Crippen LogP contribution in [0.1, 0.15) is 12.3 Å². The number of methoxy groups -OCH3 is 1. The summed E-state index contributed by atoms with van der Waals surface area (Å²) in [6.45, 7) is 0.737. The summed E-state index contributed by atoms with van der Waals surface area (Å²) in [5, 5.41) is 6.13. The molecule has 140 valence electrons. The maximum atomic E-state index is 11.8. The zero-order chi connectivity index (χ0) is 18.9. The number of halogens is 2. The summed E-state index contributed by atoms with van der Waals surface area (Å²) < 4.78 is 10.4. The monoisotopic (exact) mass is 399 g/mol. The standard InChI is InChI=1S/C17H19Cl2N3O4/c1-25-7-6-20-16(24)10-21-15(23)4-5-17-22-9-14(26-17)12-3-2-11(18)8-13(12)19/h2-3,8-9H,4-7,10H2,1H3,(H,20,24)(H,21,23). The van der Waals surface area contributed by atoms with E-state index in [9.17, 15) is 9.59 Å². The van der Waals surface area contributed by atoms with E-state index in [0.717, 1.165) is 0 Å². The maximum Gasteiger partial charge on any atom is 0.239 e. The molecule has 0 bridgehead atoms. The Morgan fingerprint density at radius 3 is 2.77 bits per heavy atom. The second-order valence-electron chi connectivity index (χ2n) is 5.36. The van der Waals surface area contributed by atoms with Gasteiger partial charge in [0.05, 0.1) is 24.4 Å². The summed E-state index contributed by atoms with van der Waals surface area (Å²) in [6.07, 6.45) is 2.01. The van der Waals surface area contributed by atoms with Gasteiger partial charge in [0.2, 0.25) is 11.8 Å². The molecule has 2 rings (SSSR count). The van der Waals surface area contributed by atoms with Gasteiger partial charge in [-0.15, -0.1) is 0 Å². The smallest absolute Gasteiger partial charge is 0.239 e. The van der Waals surface area contributed by atoms with Crippen molar-refractivity contribution in [3.05, 3.63) is 40.3 Å². The van der Waals surface area contributed by atoms with Crippen LogP contribution in [-0.4, -0.2) is 43.6 Å². The third kappa shape index (κ3) is 6.33. The Labute approximate surface area is 161 Å². The molecule has 0 saturated heterocycles. The zero-order valence-electron chi connectivity index (χ0n) is 14.2. The Bertz CT molecular complexity index is 764. The van der Waals surface area contributed by atoms with Crippen molar-refractivity contribution in [2.24, 2.45) is 0 Å². The fraction of sp³-hybridized carbons (Fsp3) is 0.353. The lowest BCUT2D eigenvalue weighted by atomic mass is 10.2. The summed E-state index contributed by atoms with van der Waals surface area (Å²) in [5.41, 5.74) is 0.673. The number of benzene rings is 1. The van der Waals surface area contributed by atoms with Crippen LogP contribution >= 0.6 is 23.2 Å². The first kappa shape index (κ1) is 20.2. The second-order valence-corrected chi connectivity index (χ2v) is 6.21. The van der Waals surface area contributed by atoms with Crippen LogP contribution in [0.15, 0.2) is 28.8 Å². The third-order valence-corrected chi connectivity index (χ3v) is 3.94. The lowest BCUT2D eigenvalue weighted by molar-refractivity contribution is -0.126. The number of nitrogens with one attached hydrogen (secondary N) is 2. The summed E-state index contributed by atoms with van der Waals surface area (Å²) >= 11 is 12.0. The second kappa shape index (κ2) is 10.2. The number of aryl methyl sites for hydroxylation is 1. The van der Waals surface area contributed by atoms with Crippen molar-refractivity contribution in [2.45, 2.75) is 12.8 Å². The van der Waals surface area contributed by atoms with Gasteiger partial charge in [0.15, 0.2) is 11.7 Å². The highest BCUT2D eigenvalue weighted by Crippen LogP contribution is 2.30. The highest BCUT2D eigenvalue weighted by molar-refractivity contribution is 6.36. The topological polar surface area (TPSA) is 93.5 Å². The van der Waals surface area contributed by atoms with Gasteiger partial charge < -0.3 is 19.8 Å². The van der Waals surface area contributed by atoms with E-state index in [4.69, 9.17) is 32.4 Å². The molecule has 0 unspecified atom stereocenters. The Balaban J connectivity index is 1.78. The van der Waals surface area contributed by atoms with Crippen molar-refractivity contribution in [1.29, 1.82) is 0 Å². The van der Waals surface area contributed by atoms with E-state index in [-0.39, 0.29) is 24.8 Å². The molecule has 2 aromatic rings. The number of hydrogen-bond acceptors (Lipinski definition) is 5. The molecule has 0 aliphatic carbocycles. The van der Waals surface area contributed by atoms with Gasteiger partial charge in [-0.2, -0.15) is 0 Å². The van der Waals surface area contributed by atoms with Crippen LogP contribution in [0, 0.1) is 0 Å². The van der Waals surface area contributed by atoms with Gasteiger partial charge in [0.25, 0.3) is 0 Å². The SMILES string of the molecule is COCCNC(=O)CNC(=O)CCc1ncc(-c2ccc(Cl)cc2Cl)o1. The van der Waals surface area contributed by atoms with E-state index in [1.165, 1.54) is 0 Å². The molecule has 0 aliphatic heterocycles. The largest absolute Gasteiger partial charge is 0.441 e. The Morgan fingerprint density at radius 2 is 2.04 bits per heavy atom. The lowest BCUT2D eigenvalue weighted by Gasteiger charge is -2.06. The Morgan fingerprint density at radius 1 is 1.23 bits per heavy atom. The molecular weight excluding hydrogens is 381 g/mol. The summed E-state index contributed by atoms with van der Waals surface area (Å²) in [4.78, 5) is 27.4. The van der Waals surface area contributed by atoms with Crippen LogP contribution < -0.4 is 10.6 Å². The molecule has 1 aromatic carbocycles. The first-order valence-electron chi connectivity index (χ1n) is 7.92. The van der Waals surface area contributed by atoms with Crippen molar-refractivity contribution in [2.75, 3.05) is 26.8 Å². The third-order valence-electron chi connectivity index (χ3n) is 3.39. The van der Waals surface area contributed by atoms with E-state index in [2.05, 4.69) is 15.6 Å². The number of carbonyl (C=O) groups excluding carboxylic acids is 2. The number of oxazole rings is 1. The molecule has 2 N–H and O–H groups in total. The molecule has 26 heavy (non-hydrogen) atoms. The summed E-state index contributed by atoms with van der Waals surface area (Å²) in [6, 6.07) is 5.06. The minimum absolute atomic E-state index is 0.0836. The number of amides is 2. The van der Waals surface area contributed by atoms with Gasteiger partial charge in [-0.3, -0.25) is 9.59 Å². The number of ether oxygens (including phenoxy) is 1. The van der Waals surface area contributed by atoms with Gasteiger partial charge in [-0.05, 0) is 18.2 Å². The summed E-state index contributed by atoms with van der Waals surface area (Å²) in [7, 11) is 1.54. The fourth-order valence-electron chi connectivity index (χ4n) is 2.08. The van der Waals surface area contributed by atoms with Crippen molar-refractivity contribution in [1.82, 2.24) is 15.6 Å². The van der Waals surface area contributed by atoms with Gasteiger partial charge in [-0.25, -0.2) is 4.98 Å². The van der Waals surface area contributed by atoms with E-state index in [1.807, 2.05) is 0 Å². The molecule has 0 aliphatic rings. The van der Waals surface area contributed by atoms with Gasteiger partial charge in [-0.1, -0.05) is 23.2 Å². The number of nitrogens with zero attached hydrogens (tertiary/aromatic N) is 1. The Hall–Kier alpha value is -2.09. The average molecular weight is 400 g/mol. The molecule has 0 atom stereocenters. The molecule has 0 radical (unpaired) electrons. The molecular formula is C17H19Cl2N3O4. The van der Waals surface area contributed by atoms with Gasteiger partial charge in [0.1, 0.15) is 0 Å². The van der Waals surface area contributed by atoms with Gasteiger partial charge >= 0.3 is 0 Å². The minimum atomic E-state index is -0.272. The van der Waals surface area contributed by atoms with Crippen LogP contribution in [0.25, 0.3) is 11.3 Å². The minimum Gasteiger partial charge on any atom is -0.441 e. The van der Waals surface area contributed by atoms with E-state index in [0.29, 0.717) is 46.8 Å². The van der Waals surface area contributed by atoms with Crippen LogP contribution in [0.5, 0.6) is 0 Å². The molecule has 0 fully saturated rings. The van der Waals surface area contributed by atoms with E-state index >= 15 is 0 Å². The normalized spacial score (nSPS) is 10.6. The summed E-state index contributed by atoms with van der Waals surface area (Å²) in [5.74, 6) is 0.368. The molecule has 2 amide bonds. The molecule has 0 saturated carbocycles. The highest BCUT2D eigenvalue weighted by atomic mass is 35.5. The molecule has 0 spiro atoms. The predicted octanol–water partition coefficient (Wildman–Crippen LogP) is 2.46. The molecule has 1 heterocycles. The average Bonchev–Trinajstić information content (AvgIpc) is 3.07. The first-order valence-corrected chi connectivity index (χ1v) is 8.67. The predicted molar refractivity (Wildman–Crippen MR) is 98.2 cm³/mol. The van der Waals surface area contributed by atoms with E-state index in [1.54, 1.807) is 31.5 Å². The van der Waals surface area contributed by atoms with Crippen molar-refractivity contribution in [3.8, 4) is 11.3 Å². The zero-order valence-corrected chi connectivity index (χ0v) is 15.7. The van der Waals surface area contributed by atoms with Crippen LogP contribution in [-0.2, 0) is 20.7 Å². The van der Waals surface area contributed by atoms with Crippen molar-refractivity contribution >= 4 is 35.0 Å². The Kier molecular flexibility index (Phi) is 7.90. The first-order chi connectivity index (χ1) is 12.5. The molecule has 1 aromatic heterocycles. The quantitative estimate of drug-likeness (QED) is 0.631. The maximum absolute atomic E-state index is 11.8. The highest BCUT2D eigenvalue weighted by Gasteiger charge is 2.12. The van der Waals surface area contributed by atoms with E-state index < -0.39 is 0 Å². The number of carbonyl (C=O) groups is 2. The van der Waals surface area contributed by atoms with Gasteiger partial charge in [0, 0.05) is 37.1 Å². The van der Waals surface area contributed by atoms with Crippen LogP contribution in [0.2, 0.25) is 10.0 Å². The molecule has 7 nitrogen and oxygen atoms in total. The van der Waals surface area contributed by atoms with Crippen molar-refractivity contribution in [3.63, 3.8) is 0 Å². The lowest BCUT2D eigenvalue weighted by Crippen LogP contribution is -2.38. The number of rotatable bonds is 9. The number of hydrogen-bond donors (Lipinski definition) is 2. The van der Waals surface area contributed by atoms with Crippen LogP contribution in [0.4, 0.5) is 0 Å². The van der Waals surface area contributed by atoms with Crippen LogP contribution in [0.3, 0.4) is 0 Å².